The molecule has 2 atom stereocenters. The Labute approximate surface area is 125 Å². The van der Waals surface area contributed by atoms with E-state index in [4.69, 9.17) is 0 Å². The molecule has 21 heavy (non-hydrogen) atoms. The Bertz CT molecular complexity index is 673. The van der Waals surface area contributed by atoms with Crippen molar-refractivity contribution in [1.29, 1.82) is 0 Å². The molecule has 4 heteroatoms. The topological polar surface area (TPSA) is 45.2 Å². The molecule has 3 rings (SSSR count). The van der Waals surface area contributed by atoms with Gasteiger partial charge in [-0.1, -0.05) is 18.2 Å². The van der Waals surface area contributed by atoms with E-state index >= 15 is 0 Å². The minimum absolute atomic E-state index is 0.109. The first kappa shape index (κ1) is 14.0. The molecular weight excluding hydrogens is 262 g/mol. The Morgan fingerprint density at radius 3 is 2.62 bits per heavy atom. The maximum absolute atomic E-state index is 13.1. The van der Waals surface area contributed by atoms with Gasteiger partial charge in [-0.2, -0.15) is 0 Å². The first-order chi connectivity index (χ1) is 10.1. The van der Waals surface area contributed by atoms with E-state index in [9.17, 15) is 4.79 Å². The Hall–Kier alpha value is -1.94. The van der Waals surface area contributed by atoms with Gasteiger partial charge in [0.2, 0.25) is 0 Å². The lowest BCUT2D eigenvalue weighted by atomic mass is 10.0. The number of nitrogens with zero attached hydrogens (tertiary/aromatic N) is 2. The fourth-order valence-corrected chi connectivity index (χ4v) is 3.16. The Morgan fingerprint density at radius 2 is 1.90 bits per heavy atom. The van der Waals surface area contributed by atoms with Gasteiger partial charge in [-0.25, -0.2) is 0 Å². The van der Waals surface area contributed by atoms with Crippen LogP contribution in [0.4, 0.5) is 0 Å². The second-order valence-corrected chi connectivity index (χ2v) is 5.90. The lowest BCUT2D eigenvalue weighted by molar-refractivity contribution is 0.0546. The molecule has 0 spiro atoms. The van der Waals surface area contributed by atoms with Gasteiger partial charge in [0.15, 0.2) is 0 Å². The van der Waals surface area contributed by atoms with Crippen molar-refractivity contribution >= 4 is 16.8 Å². The number of benzene rings is 1. The summed E-state index contributed by atoms with van der Waals surface area (Å²) in [6, 6.07) is 10.2. The van der Waals surface area contributed by atoms with E-state index in [-0.39, 0.29) is 18.0 Å². The number of carbonyl (C=O) groups is 1. The summed E-state index contributed by atoms with van der Waals surface area (Å²) in [5.41, 5.74) is 2.53. The van der Waals surface area contributed by atoms with Crippen molar-refractivity contribution in [3.63, 3.8) is 0 Å². The Kier molecular flexibility index (Phi) is 3.64. The molecule has 1 fully saturated rings. The van der Waals surface area contributed by atoms with Crippen LogP contribution in [0.25, 0.3) is 10.9 Å². The summed E-state index contributed by atoms with van der Waals surface area (Å²) in [5, 5.41) is 4.30. The van der Waals surface area contributed by atoms with E-state index in [2.05, 4.69) is 24.1 Å². The SMILES string of the molecule is Cc1cc(C(=O)N2C(C)CNCC2C)c2ccccc2n1. The maximum Gasteiger partial charge on any atom is 0.255 e. The molecule has 0 radical (unpaired) electrons. The van der Waals surface area contributed by atoms with Crippen LogP contribution in [0.5, 0.6) is 0 Å². The van der Waals surface area contributed by atoms with Gasteiger partial charge in [0, 0.05) is 36.3 Å². The van der Waals surface area contributed by atoms with Gasteiger partial charge in [0.05, 0.1) is 11.1 Å². The van der Waals surface area contributed by atoms with Crippen molar-refractivity contribution in [2.45, 2.75) is 32.9 Å². The molecule has 1 saturated heterocycles. The fraction of sp³-hybridized carbons (Fsp3) is 0.412. The van der Waals surface area contributed by atoms with Crippen LogP contribution in [0.2, 0.25) is 0 Å². The second kappa shape index (κ2) is 5.45. The van der Waals surface area contributed by atoms with Crippen LogP contribution in [0.1, 0.15) is 29.9 Å². The van der Waals surface area contributed by atoms with Gasteiger partial charge in [-0.05, 0) is 32.9 Å². The standard InChI is InChI=1S/C17H21N3O/c1-11-8-15(14-6-4-5-7-16(14)19-11)17(21)20-12(2)9-18-10-13(20)3/h4-8,12-13,18H,9-10H2,1-3H3. The molecule has 1 amide bonds. The number of aromatic nitrogens is 1. The quantitative estimate of drug-likeness (QED) is 0.874. The highest BCUT2D eigenvalue weighted by atomic mass is 16.2. The van der Waals surface area contributed by atoms with Gasteiger partial charge in [0.1, 0.15) is 0 Å². The molecule has 1 aromatic heterocycles. The summed E-state index contributed by atoms with van der Waals surface area (Å²) < 4.78 is 0. The molecule has 2 heterocycles. The number of hydrogen-bond acceptors (Lipinski definition) is 3. The molecule has 1 aliphatic rings. The number of amides is 1. The minimum atomic E-state index is 0.109. The summed E-state index contributed by atoms with van der Waals surface area (Å²) in [6.45, 7) is 7.82. The van der Waals surface area contributed by atoms with Crippen molar-refractivity contribution in [1.82, 2.24) is 15.2 Å². The summed E-state index contributed by atoms with van der Waals surface area (Å²) in [5.74, 6) is 0.109. The molecule has 1 aromatic carbocycles. The second-order valence-electron chi connectivity index (χ2n) is 5.90. The minimum Gasteiger partial charge on any atom is -0.331 e. The number of para-hydroxylation sites is 1. The molecule has 1 aliphatic heterocycles. The maximum atomic E-state index is 13.1. The van der Waals surface area contributed by atoms with Crippen LogP contribution in [-0.2, 0) is 0 Å². The first-order valence-corrected chi connectivity index (χ1v) is 7.47. The number of pyridine rings is 1. The number of fused-ring (bicyclic) bond motifs is 1. The summed E-state index contributed by atoms with van der Waals surface area (Å²) in [6.07, 6.45) is 0. The lowest BCUT2D eigenvalue weighted by Gasteiger charge is -2.39. The van der Waals surface area contributed by atoms with E-state index in [0.29, 0.717) is 0 Å². The molecule has 0 aliphatic carbocycles. The molecular formula is C17H21N3O. The van der Waals surface area contributed by atoms with Crippen LogP contribution in [0.3, 0.4) is 0 Å². The third-order valence-electron chi connectivity index (χ3n) is 4.14. The third-order valence-corrected chi connectivity index (χ3v) is 4.14. The zero-order chi connectivity index (χ0) is 15.0. The Balaban J connectivity index is 2.09. The van der Waals surface area contributed by atoms with Crippen LogP contribution < -0.4 is 5.32 Å². The van der Waals surface area contributed by atoms with Crippen molar-refractivity contribution < 1.29 is 4.79 Å². The van der Waals surface area contributed by atoms with Gasteiger partial charge >= 0.3 is 0 Å². The molecule has 0 bridgehead atoms. The number of piperazine rings is 1. The number of carbonyl (C=O) groups excluding carboxylic acids is 1. The summed E-state index contributed by atoms with van der Waals surface area (Å²) >= 11 is 0. The average Bonchev–Trinajstić information content (AvgIpc) is 2.46. The van der Waals surface area contributed by atoms with Crippen molar-refractivity contribution in [3.8, 4) is 0 Å². The average molecular weight is 283 g/mol. The van der Waals surface area contributed by atoms with Crippen LogP contribution >= 0.6 is 0 Å². The Morgan fingerprint density at radius 1 is 1.24 bits per heavy atom. The largest absolute Gasteiger partial charge is 0.331 e. The number of hydrogen-bond donors (Lipinski definition) is 1. The molecule has 2 unspecified atom stereocenters. The van der Waals surface area contributed by atoms with Crippen molar-refractivity contribution in [2.75, 3.05) is 13.1 Å². The van der Waals surface area contributed by atoms with E-state index in [1.807, 2.05) is 42.2 Å². The predicted molar refractivity (Wildman–Crippen MR) is 84.4 cm³/mol. The number of rotatable bonds is 1. The smallest absolute Gasteiger partial charge is 0.255 e. The van der Waals surface area contributed by atoms with E-state index in [1.54, 1.807) is 0 Å². The molecule has 0 saturated carbocycles. The van der Waals surface area contributed by atoms with Gasteiger partial charge in [-0.3, -0.25) is 9.78 Å². The highest BCUT2D eigenvalue weighted by Crippen LogP contribution is 2.22. The zero-order valence-electron chi connectivity index (χ0n) is 12.8. The summed E-state index contributed by atoms with van der Waals surface area (Å²) in [7, 11) is 0. The van der Waals surface area contributed by atoms with Crippen molar-refractivity contribution in [2.24, 2.45) is 0 Å². The predicted octanol–water partition coefficient (Wildman–Crippen LogP) is 2.37. The molecule has 4 nitrogen and oxygen atoms in total. The van der Waals surface area contributed by atoms with Crippen LogP contribution in [0, 0.1) is 6.92 Å². The number of aryl methyl sites for hydroxylation is 1. The third kappa shape index (κ3) is 2.51. The van der Waals surface area contributed by atoms with E-state index in [0.717, 1.165) is 35.2 Å². The highest BCUT2D eigenvalue weighted by molar-refractivity contribution is 6.06. The van der Waals surface area contributed by atoms with Gasteiger partial charge < -0.3 is 10.2 Å². The zero-order valence-corrected chi connectivity index (χ0v) is 12.8. The van der Waals surface area contributed by atoms with Crippen LogP contribution in [-0.4, -0.2) is 41.0 Å². The van der Waals surface area contributed by atoms with Gasteiger partial charge in [-0.15, -0.1) is 0 Å². The molecule has 2 aromatic rings. The first-order valence-electron chi connectivity index (χ1n) is 7.47. The van der Waals surface area contributed by atoms with Crippen molar-refractivity contribution in [3.05, 3.63) is 41.6 Å². The summed E-state index contributed by atoms with van der Waals surface area (Å²) in [4.78, 5) is 19.6. The van der Waals surface area contributed by atoms with Gasteiger partial charge in [0.25, 0.3) is 5.91 Å². The molecule has 1 N–H and O–H groups in total. The van der Waals surface area contributed by atoms with Crippen LogP contribution in [0.15, 0.2) is 30.3 Å². The monoisotopic (exact) mass is 283 g/mol. The fourth-order valence-electron chi connectivity index (χ4n) is 3.16. The van der Waals surface area contributed by atoms with E-state index < -0.39 is 0 Å². The lowest BCUT2D eigenvalue weighted by Crippen LogP contribution is -2.57. The number of nitrogens with one attached hydrogen (secondary N) is 1. The normalized spacial score (nSPS) is 22.5. The molecule has 110 valence electrons. The van der Waals surface area contributed by atoms with E-state index in [1.165, 1.54) is 0 Å². The highest BCUT2D eigenvalue weighted by Gasteiger charge is 2.30.